The standard InChI is InChI=1S/C20H23ClN2O.CN.K/c21-18-2-1-13(3-4-22)8-17(18)19(24)23-12-20-9-14-5-15(10-20)7-16(6-14)11-20;1-2;/h1-2,8,14-16H,3,5-7,9-12H2,(H,23,24);;/q;-1;+1. The van der Waals surface area contributed by atoms with Gasteiger partial charge in [0, 0.05) is 6.54 Å². The van der Waals surface area contributed by atoms with Crippen molar-refractivity contribution in [3.8, 4) is 6.07 Å². The van der Waals surface area contributed by atoms with Crippen LogP contribution in [-0.2, 0) is 6.42 Å². The zero-order chi connectivity index (χ0) is 18.7. The summed E-state index contributed by atoms with van der Waals surface area (Å²) in [6, 6.07) is 7.39. The molecule has 4 saturated carbocycles. The Morgan fingerprint density at radius 3 is 2.26 bits per heavy atom. The number of rotatable bonds is 4. The number of halogens is 1. The number of nitrogens with zero attached hydrogens (tertiary/aromatic N) is 2. The molecule has 6 heteroatoms. The number of hydrogen-bond acceptors (Lipinski definition) is 3. The molecule has 0 spiro atoms. The molecule has 27 heavy (non-hydrogen) atoms. The monoisotopic (exact) mass is 407 g/mol. The molecule has 1 aromatic rings. The first-order chi connectivity index (χ1) is 12.6. The molecule has 4 fully saturated rings. The molecular formula is C21H23ClKN3O. The maximum absolute atomic E-state index is 12.6. The summed E-state index contributed by atoms with van der Waals surface area (Å²) in [6.45, 7) is 5.52. The molecule has 1 N–H and O–H groups in total. The van der Waals surface area contributed by atoms with E-state index in [9.17, 15) is 4.79 Å². The third-order valence-corrected chi connectivity index (χ3v) is 6.68. The number of carbonyl (C=O) groups excluding carboxylic acids is 1. The van der Waals surface area contributed by atoms with Gasteiger partial charge in [0.25, 0.3) is 5.91 Å². The smallest absolute Gasteiger partial charge is 0.512 e. The Morgan fingerprint density at radius 1 is 1.19 bits per heavy atom. The van der Waals surface area contributed by atoms with Gasteiger partial charge in [0.2, 0.25) is 0 Å². The molecule has 4 aliphatic rings. The van der Waals surface area contributed by atoms with Crippen LogP contribution in [-0.4, -0.2) is 12.5 Å². The van der Waals surface area contributed by atoms with E-state index < -0.39 is 0 Å². The molecule has 0 unspecified atom stereocenters. The maximum Gasteiger partial charge on any atom is 1.00 e. The van der Waals surface area contributed by atoms with Crippen molar-refractivity contribution in [1.29, 1.82) is 10.5 Å². The fourth-order valence-electron chi connectivity index (χ4n) is 5.82. The van der Waals surface area contributed by atoms with Crippen molar-refractivity contribution in [1.82, 2.24) is 5.32 Å². The molecule has 4 nitrogen and oxygen atoms in total. The minimum Gasteiger partial charge on any atom is -0.512 e. The van der Waals surface area contributed by atoms with Crippen LogP contribution in [0.25, 0.3) is 0 Å². The SMILES string of the molecule is N#CCc1ccc(Cl)c(C(=O)NCC23CC4CC(CC(C4)C2)C3)c1.[C-]#N.[K+]. The van der Waals surface area contributed by atoms with Crippen molar-refractivity contribution >= 4 is 17.5 Å². The van der Waals surface area contributed by atoms with Gasteiger partial charge in [-0.2, -0.15) is 5.26 Å². The molecule has 0 heterocycles. The Labute approximate surface area is 209 Å². The van der Waals surface area contributed by atoms with Crippen LogP contribution in [0.4, 0.5) is 0 Å². The Morgan fingerprint density at radius 2 is 1.74 bits per heavy atom. The molecule has 0 saturated heterocycles. The summed E-state index contributed by atoms with van der Waals surface area (Å²) in [5.41, 5.74) is 1.65. The summed E-state index contributed by atoms with van der Waals surface area (Å²) in [4.78, 5) is 12.6. The molecule has 0 aromatic heterocycles. The summed E-state index contributed by atoms with van der Waals surface area (Å²) < 4.78 is 0. The van der Waals surface area contributed by atoms with E-state index in [1.54, 1.807) is 18.2 Å². The third-order valence-electron chi connectivity index (χ3n) is 6.35. The molecular weight excluding hydrogens is 385 g/mol. The zero-order valence-electron chi connectivity index (χ0n) is 15.8. The number of hydrogen-bond donors (Lipinski definition) is 1. The molecule has 1 amide bonds. The maximum atomic E-state index is 12.6. The van der Waals surface area contributed by atoms with E-state index in [2.05, 4.69) is 11.4 Å². The molecule has 1 aromatic carbocycles. The van der Waals surface area contributed by atoms with E-state index in [4.69, 9.17) is 28.7 Å². The first-order valence-corrected chi connectivity index (χ1v) is 9.61. The van der Waals surface area contributed by atoms with Gasteiger partial charge in [-0.15, -0.1) is 0 Å². The number of nitrogens with one attached hydrogen (secondary N) is 1. The first-order valence-electron chi connectivity index (χ1n) is 9.23. The van der Waals surface area contributed by atoms with Gasteiger partial charge in [-0.05, 0) is 79.4 Å². The van der Waals surface area contributed by atoms with E-state index in [0.29, 0.717) is 22.4 Å². The van der Waals surface area contributed by atoms with Gasteiger partial charge in [-0.3, -0.25) is 4.79 Å². The fraction of sp³-hybridized carbons (Fsp3) is 0.571. The van der Waals surface area contributed by atoms with E-state index in [1.165, 1.54) is 38.5 Å². The predicted molar refractivity (Wildman–Crippen MR) is 98.7 cm³/mol. The second-order valence-electron chi connectivity index (χ2n) is 8.25. The summed E-state index contributed by atoms with van der Waals surface area (Å²) in [5.74, 6) is 2.55. The van der Waals surface area contributed by atoms with Gasteiger partial charge in [0.15, 0.2) is 0 Å². The predicted octanol–water partition coefficient (Wildman–Crippen LogP) is 1.45. The molecule has 0 atom stereocenters. The van der Waals surface area contributed by atoms with Crippen LogP contribution in [0.1, 0.15) is 54.4 Å². The van der Waals surface area contributed by atoms with Crippen LogP contribution in [0.5, 0.6) is 0 Å². The van der Waals surface area contributed by atoms with Crippen molar-refractivity contribution in [2.45, 2.75) is 44.9 Å². The fourth-order valence-corrected chi connectivity index (χ4v) is 6.02. The number of nitriles is 1. The average molecular weight is 408 g/mol. The van der Waals surface area contributed by atoms with Gasteiger partial charge in [-0.25, -0.2) is 0 Å². The van der Waals surface area contributed by atoms with E-state index in [0.717, 1.165) is 29.9 Å². The minimum absolute atomic E-state index is 0. The van der Waals surface area contributed by atoms with Gasteiger partial charge < -0.3 is 17.2 Å². The number of carbonyl (C=O) groups is 1. The quantitative estimate of drug-likeness (QED) is 0.606. The summed E-state index contributed by atoms with van der Waals surface area (Å²) in [7, 11) is 0. The Bertz CT molecular complexity index is 720. The Hall–Kier alpha value is -0.404. The van der Waals surface area contributed by atoms with Gasteiger partial charge in [0.05, 0.1) is 23.1 Å². The van der Waals surface area contributed by atoms with Crippen molar-refractivity contribution in [3.05, 3.63) is 40.9 Å². The van der Waals surface area contributed by atoms with Crippen molar-refractivity contribution in [2.24, 2.45) is 23.2 Å². The summed E-state index contributed by atoms with van der Waals surface area (Å²) in [5, 5.41) is 18.7. The number of amides is 1. The minimum atomic E-state index is -0.101. The van der Waals surface area contributed by atoms with Crippen LogP contribution in [0.3, 0.4) is 0 Å². The summed E-state index contributed by atoms with van der Waals surface area (Å²) >= 11 is 6.20. The second kappa shape index (κ2) is 9.88. The molecule has 0 radical (unpaired) electrons. The molecule has 136 valence electrons. The van der Waals surface area contributed by atoms with Crippen LogP contribution in [0.2, 0.25) is 5.02 Å². The molecule has 5 rings (SSSR count). The second-order valence-corrected chi connectivity index (χ2v) is 8.66. The Kier molecular flexibility index (Phi) is 8.37. The molecule has 4 bridgehead atoms. The van der Waals surface area contributed by atoms with Crippen molar-refractivity contribution in [2.75, 3.05) is 6.54 Å². The van der Waals surface area contributed by atoms with Crippen molar-refractivity contribution in [3.63, 3.8) is 0 Å². The number of benzene rings is 1. The topological polar surface area (TPSA) is 76.7 Å². The van der Waals surface area contributed by atoms with Crippen LogP contribution < -0.4 is 56.7 Å². The van der Waals surface area contributed by atoms with E-state index in [1.807, 2.05) is 0 Å². The average Bonchev–Trinajstić information content (AvgIpc) is 2.62. The van der Waals surface area contributed by atoms with Gasteiger partial charge in [-0.1, -0.05) is 17.7 Å². The van der Waals surface area contributed by atoms with Crippen LogP contribution in [0.15, 0.2) is 18.2 Å². The van der Waals surface area contributed by atoms with Gasteiger partial charge in [0.1, 0.15) is 0 Å². The molecule has 0 aliphatic heterocycles. The van der Waals surface area contributed by atoms with Crippen LogP contribution >= 0.6 is 11.6 Å². The van der Waals surface area contributed by atoms with Crippen molar-refractivity contribution < 1.29 is 56.2 Å². The third kappa shape index (κ3) is 5.15. The Balaban J connectivity index is 0.000000844. The van der Waals surface area contributed by atoms with Crippen LogP contribution in [0, 0.1) is 46.3 Å². The largest absolute Gasteiger partial charge is 1.00 e. The normalized spacial score (nSPS) is 29.6. The van der Waals surface area contributed by atoms with E-state index >= 15 is 0 Å². The summed E-state index contributed by atoms with van der Waals surface area (Å²) in [6.07, 6.45) is 8.37. The zero-order valence-corrected chi connectivity index (χ0v) is 19.7. The van der Waals surface area contributed by atoms with Gasteiger partial charge >= 0.3 is 51.4 Å². The van der Waals surface area contributed by atoms with E-state index in [-0.39, 0.29) is 57.3 Å². The first kappa shape index (κ1) is 22.9. The molecule has 4 aliphatic carbocycles.